The zero-order valence-electron chi connectivity index (χ0n) is 9.99. The van der Waals surface area contributed by atoms with Crippen LogP contribution in [0.1, 0.15) is 0 Å². The minimum absolute atomic E-state index is 0.120. The number of sulfonamides is 1. The van der Waals surface area contributed by atoms with Crippen LogP contribution in [-0.4, -0.2) is 13.3 Å². The molecule has 104 valence electrons. The van der Waals surface area contributed by atoms with Crippen molar-refractivity contribution in [2.75, 3.05) is 4.72 Å². The Morgan fingerprint density at radius 2 is 1.75 bits per heavy atom. The smallest absolute Gasteiger partial charge is 0.280 e. The standard InChI is InChI=1S/C12H9BrN2O4S/c13-11-8-9(6-7-12(11)15(16)17)14-20(18,19)10-4-2-1-3-5-10/h1-8,14H. The summed E-state index contributed by atoms with van der Waals surface area (Å²) in [5.41, 5.74) is 0.110. The first-order valence-electron chi connectivity index (χ1n) is 5.42. The largest absolute Gasteiger partial charge is 0.283 e. The molecule has 1 N–H and O–H groups in total. The first kappa shape index (κ1) is 14.5. The number of halogens is 1. The lowest BCUT2D eigenvalue weighted by Crippen LogP contribution is -2.12. The summed E-state index contributed by atoms with van der Waals surface area (Å²) in [5.74, 6) is 0. The zero-order chi connectivity index (χ0) is 14.8. The molecule has 0 saturated carbocycles. The topological polar surface area (TPSA) is 89.3 Å². The Kier molecular flexibility index (Phi) is 4.05. The van der Waals surface area contributed by atoms with E-state index in [1.54, 1.807) is 18.2 Å². The van der Waals surface area contributed by atoms with E-state index in [0.29, 0.717) is 0 Å². The Balaban J connectivity index is 2.31. The fourth-order valence-corrected chi connectivity index (χ4v) is 3.13. The van der Waals surface area contributed by atoms with Crippen LogP contribution in [0.5, 0.6) is 0 Å². The molecule has 8 heteroatoms. The van der Waals surface area contributed by atoms with Crippen molar-refractivity contribution in [2.24, 2.45) is 0 Å². The van der Waals surface area contributed by atoms with E-state index in [1.807, 2.05) is 0 Å². The van der Waals surface area contributed by atoms with Gasteiger partial charge in [0.1, 0.15) is 0 Å². The Labute approximate surface area is 123 Å². The number of benzene rings is 2. The highest BCUT2D eigenvalue weighted by molar-refractivity contribution is 9.10. The average molecular weight is 357 g/mol. The SMILES string of the molecule is O=[N+]([O-])c1ccc(NS(=O)(=O)c2ccccc2)cc1Br. The minimum Gasteiger partial charge on any atom is -0.280 e. The molecule has 2 aromatic carbocycles. The molecule has 2 rings (SSSR count). The number of rotatable bonds is 4. The third-order valence-electron chi connectivity index (χ3n) is 2.45. The van der Waals surface area contributed by atoms with Crippen LogP contribution in [0.25, 0.3) is 0 Å². The predicted molar refractivity (Wildman–Crippen MR) is 78.0 cm³/mol. The van der Waals surface area contributed by atoms with Gasteiger partial charge in [0, 0.05) is 6.07 Å². The molecular formula is C12H9BrN2O4S. The molecule has 0 unspecified atom stereocenters. The van der Waals surface area contributed by atoms with Gasteiger partial charge in [0.05, 0.1) is 20.0 Å². The molecule has 0 atom stereocenters. The second-order valence-electron chi connectivity index (χ2n) is 3.84. The van der Waals surface area contributed by atoms with E-state index in [2.05, 4.69) is 20.7 Å². The fourth-order valence-electron chi connectivity index (χ4n) is 1.53. The number of nitro groups is 1. The second-order valence-corrected chi connectivity index (χ2v) is 6.38. The van der Waals surface area contributed by atoms with Gasteiger partial charge in [0.15, 0.2) is 0 Å². The van der Waals surface area contributed by atoms with Crippen molar-refractivity contribution in [3.8, 4) is 0 Å². The van der Waals surface area contributed by atoms with E-state index in [-0.39, 0.29) is 20.7 Å². The number of hydrogen-bond acceptors (Lipinski definition) is 4. The van der Waals surface area contributed by atoms with E-state index < -0.39 is 14.9 Å². The molecule has 0 bridgehead atoms. The Morgan fingerprint density at radius 1 is 1.10 bits per heavy atom. The van der Waals surface area contributed by atoms with E-state index >= 15 is 0 Å². The second kappa shape index (κ2) is 5.59. The Hall–Kier alpha value is -1.93. The molecule has 0 spiro atoms. The lowest BCUT2D eigenvalue weighted by atomic mass is 10.3. The number of hydrogen-bond donors (Lipinski definition) is 1. The molecule has 2 aromatic rings. The van der Waals surface area contributed by atoms with Gasteiger partial charge in [0.2, 0.25) is 0 Å². The molecule has 0 aliphatic heterocycles. The number of nitrogens with zero attached hydrogens (tertiary/aromatic N) is 1. The predicted octanol–water partition coefficient (Wildman–Crippen LogP) is 3.16. The molecular weight excluding hydrogens is 348 g/mol. The summed E-state index contributed by atoms with van der Waals surface area (Å²) in [7, 11) is -3.70. The molecule has 0 aromatic heterocycles. The van der Waals surface area contributed by atoms with Crippen LogP contribution in [0.3, 0.4) is 0 Å². The molecule has 0 aliphatic carbocycles. The van der Waals surface area contributed by atoms with Crippen molar-refractivity contribution in [2.45, 2.75) is 4.90 Å². The Bertz CT molecular complexity index is 747. The molecule has 0 heterocycles. The molecule has 0 radical (unpaired) electrons. The van der Waals surface area contributed by atoms with E-state index in [9.17, 15) is 18.5 Å². The van der Waals surface area contributed by atoms with E-state index in [4.69, 9.17) is 0 Å². The van der Waals surface area contributed by atoms with E-state index in [1.165, 1.54) is 30.3 Å². The molecule has 0 fully saturated rings. The lowest BCUT2D eigenvalue weighted by Gasteiger charge is -2.08. The third-order valence-corrected chi connectivity index (χ3v) is 4.48. The van der Waals surface area contributed by atoms with Crippen molar-refractivity contribution in [3.05, 3.63) is 63.1 Å². The molecule has 6 nitrogen and oxygen atoms in total. The van der Waals surface area contributed by atoms with Crippen LogP contribution in [0.15, 0.2) is 57.9 Å². The summed E-state index contributed by atoms with van der Waals surface area (Å²) in [6.45, 7) is 0. The summed E-state index contributed by atoms with van der Waals surface area (Å²) in [5, 5.41) is 10.7. The normalized spacial score (nSPS) is 11.1. The van der Waals surface area contributed by atoms with Gasteiger partial charge in [-0.3, -0.25) is 14.8 Å². The van der Waals surface area contributed by atoms with Crippen LogP contribution >= 0.6 is 15.9 Å². The highest BCUT2D eigenvalue weighted by Gasteiger charge is 2.16. The van der Waals surface area contributed by atoms with Gasteiger partial charge >= 0.3 is 0 Å². The van der Waals surface area contributed by atoms with Crippen LogP contribution in [0.2, 0.25) is 0 Å². The first-order chi connectivity index (χ1) is 9.40. The highest BCUT2D eigenvalue weighted by Crippen LogP contribution is 2.28. The van der Waals surface area contributed by atoms with Crippen molar-refractivity contribution >= 4 is 37.3 Å². The maximum absolute atomic E-state index is 12.1. The van der Waals surface area contributed by atoms with Crippen LogP contribution in [0, 0.1) is 10.1 Å². The highest BCUT2D eigenvalue weighted by atomic mass is 79.9. The summed E-state index contributed by atoms with van der Waals surface area (Å²) in [6.07, 6.45) is 0. The van der Waals surface area contributed by atoms with Crippen LogP contribution in [-0.2, 0) is 10.0 Å². The monoisotopic (exact) mass is 356 g/mol. The van der Waals surface area contributed by atoms with Gasteiger partial charge in [-0.15, -0.1) is 0 Å². The zero-order valence-corrected chi connectivity index (χ0v) is 12.4. The molecule has 0 aliphatic rings. The lowest BCUT2D eigenvalue weighted by molar-refractivity contribution is -0.385. The summed E-state index contributed by atoms with van der Waals surface area (Å²) >= 11 is 3.04. The quantitative estimate of drug-likeness (QED) is 0.672. The van der Waals surface area contributed by atoms with Gasteiger partial charge in [-0.25, -0.2) is 8.42 Å². The van der Waals surface area contributed by atoms with Gasteiger partial charge < -0.3 is 0 Å². The minimum atomic E-state index is -3.70. The Morgan fingerprint density at radius 3 is 2.30 bits per heavy atom. The van der Waals surface area contributed by atoms with Crippen molar-refractivity contribution in [3.63, 3.8) is 0 Å². The van der Waals surface area contributed by atoms with Gasteiger partial charge in [-0.2, -0.15) is 0 Å². The molecule has 20 heavy (non-hydrogen) atoms. The van der Waals surface area contributed by atoms with Crippen LogP contribution < -0.4 is 4.72 Å². The third kappa shape index (κ3) is 3.14. The van der Waals surface area contributed by atoms with Gasteiger partial charge in [0.25, 0.3) is 15.7 Å². The summed E-state index contributed by atoms with van der Waals surface area (Å²) in [6, 6.07) is 11.8. The van der Waals surface area contributed by atoms with Crippen molar-refractivity contribution in [1.29, 1.82) is 0 Å². The maximum Gasteiger partial charge on any atom is 0.283 e. The number of nitrogens with one attached hydrogen (secondary N) is 1. The van der Waals surface area contributed by atoms with E-state index in [0.717, 1.165) is 0 Å². The molecule has 0 saturated heterocycles. The van der Waals surface area contributed by atoms with Crippen molar-refractivity contribution < 1.29 is 13.3 Å². The summed E-state index contributed by atoms with van der Waals surface area (Å²) in [4.78, 5) is 10.2. The first-order valence-corrected chi connectivity index (χ1v) is 7.69. The molecule has 0 amide bonds. The van der Waals surface area contributed by atoms with Gasteiger partial charge in [-0.1, -0.05) is 18.2 Å². The fraction of sp³-hybridized carbons (Fsp3) is 0. The number of nitro benzene ring substituents is 1. The van der Waals surface area contributed by atoms with Crippen LogP contribution in [0.4, 0.5) is 11.4 Å². The number of anilines is 1. The van der Waals surface area contributed by atoms with Gasteiger partial charge in [-0.05, 0) is 40.2 Å². The maximum atomic E-state index is 12.1. The summed E-state index contributed by atoms with van der Waals surface area (Å²) < 4.78 is 26.7. The van der Waals surface area contributed by atoms with Crippen molar-refractivity contribution in [1.82, 2.24) is 0 Å². The average Bonchev–Trinajstić information content (AvgIpc) is 2.39.